The zero-order chi connectivity index (χ0) is 12.4. The Bertz CT molecular complexity index is 560. The molecule has 0 fully saturated rings. The molecule has 5 nitrogen and oxygen atoms in total. The van der Waals surface area contributed by atoms with Crippen molar-refractivity contribution in [1.82, 2.24) is 9.97 Å². The minimum absolute atomic E-state index is 0.180. The third-order valence-electron chi connectivity index (χ3n) is 2.43. The van der Waals surface area contributed by atoms with E-state index in [9.17, 15) is 4.79 Å². The monoisotopic (exact) mass is 234 g/mol. The van der Waals surface area contributed by atoms with Gasteiger partial charge in [0.05, 0.1) is 11.0 Å². The van der Waals surface area contributed by atoms with Gasteiger partial charge in [0.25, 0.3) is 0 Å². The number of H-pyrrole nitrogens is 1. The number of nitrogens with zero attached hydrogens (tertiary/aromatic N) is 1. The van der Waals surface area contributed by atoms with E-state index in [4.69, 9.17) is 9.84 Å². The van der Waals surface area contributed by atoms with E-state index in [0.29, 0.717) is 5.82 Å². The van der Waals surface area contributed by atoms with Crippen LogP contribution >= 0.6 is 0 Å². The first-order chi connectivity index (χ1) is 8.06. The summed E-state index contributed by atoms with van der Waals surface area (Å²) in [6.45, 7) is 3.89. The molecular formula is C12H14N2O3. The van der Waals surface area contributed by atoms with Crippen LogP contribution in [0.5, 0.6) is 0 Å². The van der Waals surface area contributed by atoms with Crippen molar-refractivity contribution in [2.75, 3.05) is 6.61 Å². The van der Waals surface area contributed by atoms with Crippen LogP contribution in [0.1, 0.15) is 17.0 Å². The van der Waals surface area contributed by atoms with Gasteiger partial charge in [-0.2, -0.15) is 0 Å². The van der Waals surface area contributed by atoms with Crippen molar-refractivity contribution in [1.29, 1.82) is 0 Å². The van der Waals surface area contributed by atoms with E-state index in [1.807, 2.05) is 19.9 Å². The fourth-order valence-corrected chi connectivity index (χ4v) is 1.83. The normalized spacial score (nSPS) is 10.9. The van der Waals surface area contributed by atoms with Gasteiger partial charge in [0.1, 0.15) is 19.0 Å². The molecule has 0 atom stereocenters. The summed E-state index contributed by atoms with van der Waals surface area (Å²) >= 11 is 0. The fourth-order valence-electron chi connectivity index (χ4n) is 1.83. The maximum Gasteiger partial charge on any atom is 0.329 e. The van der Waals surface area contributed by atoms with Crippen LogP contribution in [-0.4, -0.2) is 27.7 Å². The van der Waals surface area contributed by atoms with Crippen molar-refractivity contribution >= 4 is 17.0 Å². The van der Waals surface area contributed by atoms with Crippen LogP contribution in [0.4, 0.5) is 0 Å². The number of carboxylic acids is 1. The summed E-state index contributed by atoms with van der Waals surface area (Å²) in [5, 5.41) is 8.46. The molecule has 90 valence electrons. The van der Waals surface area contributed by atoms with Crippen molar-refractivity contribution in [3.8, 4) is 0 Å². The Morgan fingerprint density at radius 3 is 2.94 bits per heavy atom. The van der Waals surface area contributed by atoms with Crippen molar-refractivity contribution in [3.63, 3.8) is 0 Å². The molecule has 0 aliphatic rings. The van der Waals surface area contributed by atoms with Gasteiger partial charge in [0, 0.05) is 0 Å². The first kappa shape index (κ1) is 11.6. The van der Waals surface area contributed by atoms with Crippen molar-refractivity contribution < 1.29 is 14.6 Å². The predicted octanol–water partition coefficient (Wildman–Crippen LogP) is 1.78. The highest BCUT2D eigenvalue weighted by Crippen LogP contribution is 2.18. The number of aryl methyl sites for hydroxylation is 2. The van der Waals surface area contributed by atoms with Crippen LogP contribution < -0.4 is 0 Å². The summed E-state index contributed by atoms with van der Waals surface area (Å²) in [4.78, 5) is 17.8. The number of aromatic nitrogens is 2. The van der Waals surface area contributed by atoms with E-state index >= 15 is 0 Å². The average Bonchev–Trinajstić information content (AvgIpc) is 2.60. The van der Waals surface area contributed by atoms with E-state index < -0.39 is 5.97 Å². The first-order valence-electron chi connectivity index (χ1n) is 5.31. The van der Waals surface area contributed by atoms with E-state index in [2.05, 4.69) is 16.0 Å². The molecule has 1 heterocycles. The maximum absolute atomic E-state index is 10.3. The lowest BCUT2D eigenvalue weighted by atomic mass is 10.1. The summed E-state index contributed by atoms with van der Waals surface area (Å²) in [5.74, 6) is -0.330. The van der Waals surface area contributed by atoms with Crippen molar-refractivity contribution in [2.24, 2.45) is 0 Å². The quantitative estimate of drug-likeness (QED) is 0.845. The Labute approximate surface area is 98.4 Å². The predicted molar refractivity (Wildman–Crippen MR) is 62.9 cm³/mol. The minimum Gasteiger partial charge on any atom is -0.480 e. The molecule has 0 unspecified atom stereocenters. The molecule has 0 aliphatic carbocycles. The van der Waals surface area contributed by atoms with Gasteiger partial charge < -0.3 is 14.8 Å². The fraction of sp³-hybridized carbons (Fsp3) is 0.333. The van der Waals surface area contributed by atoms with Gasteiger partial charge in [0.15, 0.2) is 0 Å². The standard InChI is InChI=1S/C12H14N2O3/c1-7-3-8(2)12-9(4-7)13-10(14-12)5-17-6-11(15)16/h3-4H,5-6H2,1-2H3,(H,13,14)(H,15,16). The molecule has 1 aromatic heterocycles. The molecular weight excluding hydrogens is 220 g/mol. The molecule has 1 aromatic carbocycles. The Balaban J connectivity index is 2.20. The molecule has 17 heavy (non-hydrogen) atoms. The number of carboxylic acid groups (broad SMARTS) is 1. The number of ether oxygens (including phenoxy) is 1. The van der Waals surface area contributed by atoms with Crippen LogP contribution in [0, 0.1) is 13.8 Å². The van der Waals surface area contributed by atoms with Gasteiger partial charge >= 0.3 is 5.97 Å². The average molecular weight is 234 g/mol. The molecule has 0 saturated carbocycles. The van der Waals surface area contributed by atoms with Gasteiger partial charge in [-0.25, -0.2) is 9.78 Å². The summed E-state index contributed by atoms with van der Waals surface area (Å²) in [6, 6.07) is 4.07. The highest BCUT2D eigenvalue weighted by Gasteiger charge is 2.06. The third-order valence-corrected chi connectivity index (χ3v) is 2.43. The second-order valence-electron chi connectivity index (χ2n) is 4.05. The highest BCUT2D eigenvalue weighted by molar-refractivity contribution is 5.79. The van der Waals surface area contributed by atoms with Gasteiger partial charge in [-0.05, 0) is 31.0 Å². The molecule has 0 amide bonds. The smallest absolute Gasteiger partial charge is 0.329 e. The van der Waals surface area contributed by atoms with Crippen molar-refractivity contribution in [2.45, 2.75) is 20.5 Å². The van der Waals surface area contributed by atoms with Gasteiger partial charge in [-0.1, -0.05) is 6.07 Å². The molecule has 2 N–H and O–H groups in total. The van der Waals surface area contributed by atoms with Crippen molar-refractivity contribution in [3.05, 3.63) is 29.1 Å². The largest absolute Gasteiger partial charge is 0.480 e. The SMILES string of the molecule is Cc1cc(C)c2nc(COCC(=O)O)[nH]c2c1. The van der Waals surface area contributed by atoms with Gasteiger partial charge in [-0.3, -0.25) is 0 Å². The highest BCUT2D eigenvalue weighted by atomic mass is 16.5. The number of hydrogen-bond acceptors (Lipinski definition) is 3. The summed E-state index contributed by atoms with van der Waals surface area (Å²) < 4.78 is 4.99. The maximum atomic E-state index is 10.3. The van der Waals surface area contributed by atoms with E-state index in [0.717, 1.165) is 22.2 Å². The first-order valence-corrected chi connectivity index (χ1v) is 5.31. The lowest BCUT2D eigenvalue weighted by Crippen LogP contribution is -2.07. The van der Waals surface area contributed by atoms with Crippen LogP contribution in [0.15, 0.2) is 12.1 Å². The summed E-state index contributed by atoms with van der Waals surface area (Å²) in [7, 11) is 0. The second kappa shape index (κ2) is 4.55. The van der Waals surface area contributed by atoms with E-state index in [-0.39, 0.29) is 13.2 Å². The van der Waals surface area contributed by atoms with Crippen LogP contribution in [0.2, 0.25) is 0 Å². The summed E-state index contributed by atoms with van der Waals surface area (Å²) in [6.07, 6.45) is 0. The molecule has 0 bridgehead atoms. The Morgan fingerprint density at radius 2 is 2.24 bits per heavy atom. The third kappa shape index (κ3) is 2.62. The molecule has 0 radical (unpaired) electrons. The van der Waals surface area contributed by atoms with E-state index in [1.54, 1.807) is 0 Å². The number of aliphatic carboxylic acids is 1. The molecule has 5 heteroatoms. The minimum atomic E-state index is -0.979. The van der Waals surface area contributed by atoms with Gasteiger partial charge in [0.2, 0.25) is 0 Å². The number of imidazole rings is 1. The number of rotatable bonds is 4. The molecule has 0 spiro atoms. The molecule has 0 aliphatic heterocycles. The van der Waals surface area contributed by atoms with Crippen LogP contribution in [-0.2, 0) is 16.1 Å². The van der Waals surface area contributed by atoms with E-state index in [1.165, 1.54) is 0 Å². The lowest BCUT2D eigenvalue weighted by Gasteiger charge is -1.96. The second-order valence-corrected chi connectivity index (χ2v) is 4.05. The molecule has 2 rings (SSSR count). The number of fused-ring (bicyclic) bond motifs is 1. The zero-order valence-electron chi connectivity index (χ0n) is 9.78. The number of hydrogen-bond donors (Lipinski definition) is 2. The number of benzene rings is 1. The number of aromatic amines is 1. The molecule has 0 saturated heterocycles. The zero-order valence-corrected chi connectivity index (χ0v) is 9.78. The van der Waals surface area contributed by atoms with Gasteiger partial charge in [-0.15, -0.1) is 0 Å². The van der Waals surface area contributed by atoms with Crippen LogP contribution in [0.25, 0.3) is 11.0 Å². The number of nitrogens with one attached hydrogen (secondary N) is 1. The Hall–Kier alpha value is -1.88. The van der Waals surface area contributed by atoms with Crippen LogP contribution in [0.3, 0.4) is 0 Å². The number of carbonyl (C=O) groups is 1. The topological polar surface area (TPSA) is 75.2 Å². The lowest BCUT2D eigenvalue weighted by molar-refractivity contribution is -0.142. The Morgan fingerprint density at radius 1 is 1.47 bits per heavy atom. The summed E-state index contributed by atoms with van der Waals surface area (Å²) in [5.41, 5.74) is 4.12. The Kier molecular flexibility index (Phi) is 3.10. The molecule has 2 aromatic rings.